The van der Waals surface area contributed by atoms with Gasteiger partial charge in [-0.3, -0.25) is 4.79 Å². The number of amides is 1. The summed E-state index contributed by atoms with van der Waals surface area (Å²) in [4.78, 5) is 23.1. The number of hydrogen-bond donors (Lipinski definition) is 2. The molecule has 0 fully saturated rings. The summed E-state index contributed by atoms with van der Waals surface area (Å²) in [6.45, 7) is 3.82. The van der Waals surface area contributed by atoms with Gasteiger partial charge in [0.1, 0.15) is 6.04 Å². The fraction of sp³-hybridized carbons (Fsp3) is 0.429. The van der Waals surface area contributed by atoms with E-state index in [1.54, 1.807) is 23.9 Å². The molecule has 0 saturated carbocycles. The van der Waals surface area contributed by atoms with Crippen LogP contribution in [0.4, 0.5) is 0 Å². The highest BCUT2D eigenvalue weighted by Gasteiger charge is 2.20. The van der Waals surface area contributed by atoms with Crippen LogP contribution in [0.3, 0.4) is 0 Å². The Labute approximate surface area is 117 Å². The average Bonchev–Trinajstić information content (AvgIpc) is 2.32. The van der Waals surface area contributed by atoms with Gasteiger partial charge in [0.15, 0.2) is 0 Å². The molecule has 19 heavy (non-hydrogen) atoms. The van der Waals surface area contributed by atoms with Gasteiger partial charge in [0.2, 0.25) is 0 Å². The Morgan fingerprint density at radius 1 is 1.26 bits per heavy atom. The van der Waals surface area contributed by atoms with Gasteiger partial charge in [0, 0.05) is 5.56 Å². The van der Waals surface area contributed by atoms with Crippen LogP contribution in [0, 0.1) is 13.8 Å². The third-order valence-electron chi connectivity index (χ3n) is 2.70. The molecule has 1 amide bonds. The standard InChI is InChI=1S/C14H19NO3S/c1-9-6-10(2)8-11(7-9)13(16)15-12(14(17)18)4-5-19-3/h6-8,12H,4-5H2,1-3H3,(H,15,16)(H,17,18)/t12-/m0/s1. The molecular formula is C14H19NO3S. The van der Waals surface area contributed by atoms with Crippen LogP contribution < -0.4 is 5.32 Å². The molecule has 0 heterocycles. The monoisotopic (exact) mass is 281 g/mol. The van der Waals surface area contributed by atoms with Crippen LogP contribution in [0.25, 0.3) is 0 Å². The highest BCUT2D eigenvalue weighted by atomic mass is 32.2. The van der Waals surface area contributed by atoms with Crippen LogP contribution in [0.15, 0.2) is 18.2 Å². The predicted molar refractivity (Wildman–Crippen MR) is 77.8 cm³/mol. The molecule has 0 aliphatic carbocycles. The number of benzene rings is 1. The molecule has 0 aliphatic heterocycles. The number of aliphatic carboxylic acids is 1. The van der Waals surface area contributed by atoms with E-state index < -0.39 is 12.0 Å². The molecule has 1 atom stereocenters. The number of thioether (sulfide) groups is 1. The van der Waals surface area contributed by atoms with Crippen molar-refractivity contribution in [3.63, 3.8) is 0 Å². The second-order valence-electron chi connectivity index (χ2n) is 4.52. The van der Waals surface area contributed by atoms with Gasteiger partial charge in [-0.05, 0) is 44.4 Å². The summed E-state index contributed by atoms with van der Waals surface area (Å²) in [7, 11) is 0. The molecule has 0 aliphatic rings. The lowest BCUT2D eigenvalue weighted by molar-refractivity contribution is -0.139. The molecule has 4 nitrogen and oxygen atoms in total. The Balaban J connectivity index is 2.78. The Morgan fingerprint density at radius 3 is 2.32 bits per heavy atom. The predicted octanol–water partition coefficient (Wildman–Crippen LogP) is 2.24. The molecular weight excluding hydrogens is 262 g/mol. The lowest BCUT2D eigenvalue weighted by atomic mass is 10.1. The molecule has 0 spiro atoms. The Bertz CT molecular complexity index is 454. The van der Waals surface area contributed by atoms with Crippen LogP contribution in [0.2, 0.25) is 0 Å². The highest BCUT2D eigenvalue weighted by Crippen LogP contribution is 2.10. The first kappa shape index (κ1) is 15.6. The first-order valence-corrected chi connectivity index (χ1v) is 7.44. The van der Waals surface area contributed by atoms with Crippen molar-refractivity contribution >= 4 is 23.6 Å². The molecule has 0 aromatic heterocycles. The lowest BCUT2D eigenvalue weighted by Crippen LogP contribution is -2.41. The van der Waals surface area contributed by atoms with Crippen LogP contribution >= 0.6 is 11.8 Å². The molecule has 0 unspecified atom stereocenters. The molecule has 5 heteroatoms. The minimum atomic E-state index is -0.994. The van der Waals surface area contributed by atoms with E-state index in [-0.39, 0.29) is 5.91 Å². The van der Waals surface area contributed by atoms with E-state index in [1.165, 1.54) is 0 Å². The van der Waals surface area contributed by atoms with Crippen molar-refractivity contribution in [1.82, 2.24) is 5.32 Å². The van der Waals surface area contributed by atoms with Gasteiger partial charge < -0.3 is 10.4 Å². The Morgan fingerprint density at radius 2 is 1.84 bits per heavy atom. The van der Waals surface area contributed by atoms with Crippen LogP contribution in [0.5, 0.6) is 0 Å². The summed E-state index contributed by atoms with van der Waals surface area (Å²) in [6, 6.07) is 4.66. The van der Waals surface area contributed by atoms with Crippen molar-refractivity contribution in [1.29, 1.82) is 0 Å². The number of nitrogens with one attached hydrogen (secondary N) is 1. The third kappa shape index (κ3) is 4.95. The maximum Gasteiger partial charge on any atom is 0.326 e. The largest absolute Gasteiger partial charge is 0.480 e. The van der Waals surface area contributed by atoms with Gasteiger partial charge in [-0.2, -0.15) is 11.8 Å². The van der Waals surface area contributed by atoms with Crippen LogP contribution in [-0.2, 0) is 4.79 Å². The summed E-state index contributed by atoms with van der Waals surface area (Å²) >= 11 is 1.56. The van der Waals surface area contributed by atoms with Crippen molar-refractivity contribution in [2.45, 2.75) is 26.3 Å². The second-order valence-corrected chi connectivity index (χ2v) is 5.51. The van der Waals surface area contributed by atoms with E-state index in [0.717, 1.165) is 11.1 Å². The van der Waals surface area contributed by atoms with Gasteiger partial charge in [-0.1, -0.05) is 17.2 Å². The van der Waals surface area contributed by atoms with Gasteiger partial charge in [0.25, 0.3) is 5.91 Å². The second kappa shape index (κ2) is 7.19. The number of carbonyl (C=O) groups is 2. The fourth-order valence-electron chi connectivity index (χ4n) is 1.84. The number of carboxylic acids is 1. The topological polar surface area (TPSA) is 66.4 Å². The summed E-state index contributed by atoms with van der Waals surface area (Å²) < 4.78 is 0. The zero-order chi connectivity index (χ0) is 14.4. The molecule has 0 bridgehead atoms. The van der Waals surface area contributed by atoms with Gasteiger partial charge >= 0.3 is 5.97 Å². The van der Waals surface area contributed by atoms with Gasteiger partial charge in [0.05, 0.1) is 0 Å². The van der Waals surface area contributed by atoms with Crippen molar-refractivity contribution < 1.29 is 14.7 Å². The summed E-state index contributed by atoms with van der Waals surface area (Å²) in [5.74, 6) is -0.628. The minimum absolute atomic E-state index is 0.333. The van der Waals surface area contributed by atoms with Crippen molar-refractivity contribution in [2.24, 2.45) is 0 Å². The van der Waals surface area contributed by atoms with Crippen LogP contribution in [-0.4, -0.2) is 35.0 Å². The maximum atomic E-state index is 12.0. The first-order valence-electron chi connectivity index (χ1n) is 6.05. The fourth-order valence-corrected chi connectivity index (χ4v) is 2.31. The summed E-state index contributed by atoms with van der Waals surface area (Å²) in [6.07, 6.45) is 2.33. The number of carbonyl (C=O) groups excluding carboxylic acids is 1. The number of rotatable bonds is 6. The van der Waals surface area contributed by atoms with E-state index in [0.29, 0.717) is 17.7 Å². The van der Waals surface area contributed by atoms with Gasteiger partial charge in [-0.25, -0.2) is 4.79 Å². The highest BCUT2D eigenvalue weighted by molar-refractivity contribution is 7.98. The van der Waals surface area contributed by atoms with E-state index in [1.807, 2.05) is 26.2 Å². The number of hydrogen-bond acceptors (Lipinski definition) is 3. The van der Waals surface area contributed by atoms with Crippen molar-refractivity contribution in [2.75, 3.05) is 12.0 Å². The molecule has 2 N–H and O–H groups in total. The normalized spacial score (nSPS) is 11.9. The zero-order valence-electron chi connectivity index (χ0n) is 11.4. The summed E-state index contributed by atoms with van der Waals surface area (Å²) in [5.41, 5.74) is 2.48. The maximum absolute atomic E-state index is 12.0. The lowest BCUT2D eigenvalue weighted by Gasteiger charge is -2.14. The quantitative estimate of drug-likeness (QED) is 0.839. The van der Waals surface area contributed by atoms with E-state index in [2.05, 4.69) is 5.32 Å². The number of carboxylic acid groups (broad SMARTS) is 1. The zero-order valence-corrected chi connectivity index (χ0v) is 12.2. The molecule has 1 rings (SSSR count). The average molecular weight is 281 g/mol. The van der Waals surface area contributed by atoms with Gasteiger partial charge in [-0.15, -0.1) is 0 Å². The SMILES string of the molecule is CSCC[C@H](NC(=O)c1cc(C)cc(C)c1)C(=O)O. The smallest absolute Gasteiger partial charge is 0.326 e. The summed E-state index contributed by atoms with van der Waals surface area (Å²) in [5, 5.41) is 11.7. The molecule has 1 aromatic carbocycles. The molecule has 0 saturated heterocycles. The van der Waals surface area contributed by atoms with Crippen molar-refractivity contribution in [3.8, 4) is 0 Å². The van der Waals surface area contributed by atoms with E-state index in [4.69, 9.17) is 5.11 Å². The van der Waals surface area contributed by atoms with Crippen molar-refractivity contribution in [3.05, 3.63) is 34.9 Å². The molecule has 104 valence electrons. The van der Waals surface area contributed by atoms with E-state index >= 15 is 0 Å². The number of aryl methyl sites for hydroxylation is 2. The Kier molecular flexibility index (Phi) is 5.89. The minimum Gasteiger partial charge on any atom is -0.480 e. The van der Waals surface area contributed by atoms with Crippen LogP contribution in [0.1, 0.15) is 27.9 Å². The first-order chi connectivity index (χ1) is 8.93. The third-order valence-corrected chi connectivity index (χ3v) is 3.34. The molecule has 0 radical (unpaired) electrons. The van der Waals surface area contributed by atoms with E-state index in [9.17, 15) is 9.59 Å². The molecule has 1 aromatic rings. The Hall–Kier alpha value is -1.49.